The number of aliphatic hydroxyl groups is 2. The lowest BCUT2D eigenvalue weighted by Crippen LogP contribution is -2.22. The van der Waals surface area contributed by atoms with Gasteiger partial charge >= 0.3 is 0 Å². The Balaban J connectivity index is 2.00. The molecule has 0 atom stereocenters. The zero-order chi connectivity index (χ0) is 18.0. The van der Waals surface area contributed by atoms with Crippen molar-refractivity contribution in [2.24, 2.45) is 0 Å². The quantitative estimate of drug-likeness (QED) is 0.808. The Bertz CT molecular complexity index is 935. The summed E-state index contributed by atoms with van der Waals surface area (Å²) in [5, 5.41) is 20.8. The minimum absolute atomic E-state index is 0.240. The minimum Gasteiger partial charge on any atom is -0.504 e. The third-order valence-corrected chi connectivity index (χ3v) is 4.02. The van der Waals surface area contributed by atoms with Gasteiger partial charge in [-0.25, -0.2) is 0 Å². The monoisotopic (exact) mass is 352 g/mol. The standard InChI is InChI=1S/C20H13ClO4/c21-14-9-7-13(8-10-14)16-19(24)17(22)15(18(23)20(16)25)11-6-12-4-2-1-3-5-12/h1-11,22,25H. The van der Waals surface area contributed by atoms with Crippen LogP contribution in [0.15, 0.2) is 77.8 Å². The largest absolute Gasteiger partial charge is 0.504 e. The van der Waals surface area contributed by atoms with Gasteiger partial charge in [0.05, 0.1) is 11.1 Å². The lowest BCUT2D eigenvalue weighted by Gasteiger charge is -2.16. The maximum atomic E-state index is 12.4. The second kappa shape index (κ2) is 6.79. The average Bonchev–Trinajstić information content (AvgIpc) is 2.63. The van der Waals surface area contributed by atoms with Gasteiger partial charge in [-0.3, -0.25) is 9.59 Å². The molecule has 124 valence electrons. The van der Waals surface area contributed by atoms with Crippen molar-refractivity contribution in [1.82, 2.24) is 0 Å². The lowest BCUT2D eigenvalue weighted by atomic mass is 9.89. The van der Waals surface area contributed by atoms with Gasteiger partial charge in [0.25, 0.3) is 0 Å². The van der Waals surface area contributed by atoms with Crippen molar-refractivity contribution in [1.29, 1.82) is 0 Å². The van der Waals surface area contributed by atoms with Crippen molar-refractivity contribution in [3.05, 3.63) is 93.9 Å². The Morgan fingerprint density at radius 3 is 2.04 bits per heavy atom. The Morgan fingerprint density at radius 1 is 0.760 bits per heavy atom. The van der Waals surface area contributed by atoms with E-state index in [0.29, 0.717) is 10.6 Å². The second-order valence-corrected chi connectivity index (χ2v) is 5.83. The van der Waals surface area contributed by atoms with Gasteiger partial charge in [-0.2, -0.15) is 0 Å². The van der Waals surface area contributed by atoms with Crippen LogP contribution in [0, 0.1) is 0 Å². The van der Waals surface area contributed by atoms with Crippen molar-refractivity contribution < 1.29 is 19.8 Å². The van der Waals surface area contributed by atoms with Gasteiger partial charge in [-0.1, -0.05) is 60.1 Å². The van der Waals surface area contributed by atoms with Gasteiger partial charge in [0.15, 0.2) is 11.5 Å². The smallest absolute Gasteiger partial charge is 0.232 e. The summed E-state index contributed by atoms with van der Waals surface area (Å²) in [6.07, 6.45) is 2.90. The number of hydrogen-bond acceptors (Lipinski definition) is 4. The maximum absolute atomic E-state index is 12.4. The van der Waals surface area contributed by atoms with E-state index in [0.717, 1.165) is 5.56 Å². The molecule has 0 unspecified atom stereocenters. The number of carbonyl (C=O) groups is 2. The van der Waals surface area contributed by atoms with Crippen LogP contribution in [-0.4, -0.2) is 21.8 Å². The van der Waals surface area contributed by atoms with E-state index in [1.807, 2.05) is 18.2 Å². The fourth-order valence-corrected chi connectivity index (χ4v) is 2.61. The molecule has 0 amide bonds. The summed E-state index contributed by atoms with van der Waals surface area (Å²) in [5.41, 5.74) is 0.605. The third kappa shape index (κ3) is 3.25. The van der Waals surface area contributed by atoms with Crippen LogP contribution >= 0.6 is 11.6 Å². The molecule has 0 fully saturated rings. The number of rotatable bonds is 3. The van der Waals surface area contributed by atoms with Gasteiger partial charge in [-0.15, -0.1) is 0 Å². The average molecular weight is 353 g/mol. The Kier molecular flexibility index (Phi) is 4.55. The molecule has 2 N–H and O–H groups in total. The van der Waals surface area contributed by atoms with E-state index >= 15 is 0 Å². The molecular weight excluding hydrogens is 340 g/mol. The summed E-state index contributed by atoms with van der Waals surface area (Å²) in [4.78, 5) is 24.8. The highest BCUT2D eigenvalue weighted by atomic mass is 35.5. The van der Waals surface area contributed by atoms with Crippen LogP contribution in [-0.2, 0) is 9.59 Å². The topological polar surface area (TPSA) is 74.6 Å². The zero-order valence-electron chi connectivity index (χ0n) is 12.9. The van der Waals surface area contributed by atoms with Crippen LogP contribution in [0.3, 0.4) is 0 Å². The van der Waals surface area contributed by atoms with E-state index in [-0.39, 0.29) is 11.1 Å². The lowest BCUT2D eigenvalue weighted by molar-refractivity contribution is -0.118. The van der Waals surface area contributed by atoms with Crippen molar-refractivity contribution >= 4 is 34.8 Å². The number of halogens is 1. The predicted octanol–water partition coefficient (Wildman–Crippen LogP) is 4.29. The first-order valence-electron chi connectivity index (χ1n) is 7.44. The fraction of sp³-hybridized carbons (Fsp3) is 0. The number of Topliss-reactive ketones (excluding diaryl/α,β-unsaturated/α-hetero) is 2. The molecule has 0 aromatic heterocycles. The number of hydrogen-bond donors (Lipinski definition) is 2. The number of aliphatic hydroxyl groups excluding tert-OH is 2. The van der Waals surface area contributed by atoms with E-state index < -0.39 is 23.1 Å². The molecule has 0 aliphatic heterocycles. The number of benzene rings is 2. The molecule has 1 aliphatic rings. The van der Waals surface area contributed by atoms with Crippen LogP contribution in [0.2, 0.25) is 5.02 Å². The highest BCUT2D eigenvalue weighted by Crippen LogP contribution is 2.30. The van der Waals surface area contributed by atoms with E-state index in [1.165, 1.54) is 30.3 Å². The summed E-state index contributed by atoms with van der Waals surface area (Å²) >= 11 is 5.81. The van der Waals surface area contributed by atoms with Gasteiger partial charge < -0.3 is 10.2 Å². The van der Waals surface area contributed by atoms with Gasteiger partial charge in [0.1, 0.15) is 0 Å². The number of ketones is 2. The molecule has 25 heavy (non-hydrogen) atoms. The first-order chi connectivity index (χ1) is 12.0. The van der Waals surface area contributed by atoms with E-state index in [1.54, 1.807) is 18.2 Å². The minimum atomic E-state index is -0.813. The molecule has 0 radical (unpaired) electrons. The Hall–Kier alpha value is -3.11. The molecule has 0 saturated carbocycles. The van der Waals surface area contributed by atoms with Crippen molar-refractivity contribution in [2.75, 3.05) is 0 Å². The number of allylic oxidation sites excluding steroid dienone is 3. The Labute approximate surface area is 149 Å². The van der Waals surface area contributed by atoms with Crippen molar-refractivity contribution in [3.8, 4) is 0 Å². The highest BCUT2D eigenvalue weighted by Gasteiger charge is 2.34. The van der Waals surface area contributed by atoms with E-state index in [2.05, 4.69) is 0 Å². The summed E-state index contributed by atoms with van der Waals surface area (Å²) in [5.74, 6) is -3.01. The molecule has 5 heteroatoms. The molecule has 2 aromatic rings. The van der Waals surface area contributed by atoms with Crippen molar-refractivity contribution in [3.63, 3.8) is 0 Å². The highest BCUT2D eigenvalue weighted by molar-refractivity contribution is 6.38. The predicted molar refractivity (Wildman–Crippen MR) is 96.1 cm³/mol. The molecule has 0 saturated heterocycles. The summed E-state index contributed by atoms with van der Waals surface area (Å²) in [6.45, 7) is 0. The fourth-order valence-electron chi connectivity index (χ4n) is 2.48. The van der Waals surface area contributed by atoms with Crippen LogP contribution < -0.4 is 0 Å². The molecule has 4 nitrogen and oxygen atoms in total. The second-order valence-electron chi connectivity index (χ2n) is 5.40. The van der Waals surface area contributed by atoms with Gasteiger partial charge in [0, 0.05) is 5.02 Å². The molecule has 0 bridgehead atoms. The van der Waals surface area contributed by atoms with E-state index in [4.69, 9.17) is 11.6 Å². The van der Waals surface area contributed by atoms with Crippen LogP contribution in [0.1, 0.15) is 11.1 Å². The maximum Gasteiger partial charge on any atom is 0.232 e. The number of carbonyl (C=O) groups excluding carboxylic acids is 2. The summed E-state index contributed by atoms with van der Waals surface area (Å²) in [7, 11) is 0. The normalized spacial score (nSPS) is 15.4. The third-order valence-electron chi connectivity index (χ3n) is 3.77. The summed E-state index contributed by atoms with van der Waals surface area (Å²) in [6, 6.07) is 15.1. The van der Waals surface area contributed by atoms with Crippen LogP contribution in [0.4, 0.5) is 0 Å². The molecule has 2 aromatic carbocycles. The molecule has 0 spiro atoms. The first-order valence-corrected chi connectivity index (χ1v) is 7.82. The molecular formula is C20H13ClO4. The summed E-state index contributed by atoms with van der Waals surface area (Å²) < 4.78 is 0. The molecule has 0 heterocycles. The molecule has 1 aliphatic carbocycles. The molecule has 3 rings (SSSR count). The zero-order valence-corrected chi connectivity index (χ0v) is 13.7. The van der Waals surface area contributed by atoms with Gasteiger partial charge in [-0.05, 0) is 29.3 Å². The van der Waals surface area contributed by atoms with Crippen molar-refractivity contribution in [2.45, 2.75) is 0 Å². The SMILES string of the molecule is O=C1C(O)=C(c2ccc(Cl)cc2)C(=O)C(O)=C1C=Cc1ccccc1. The Morgan fingerprint density at radius 2 is 1.40 bits per heavy atom. The first kappa shape index (κ1) is 16.7. The van der Waals surface area contributed by atoms with E-state index in [9.17, 15) is 19.8 Å². The van der Waals surface area contributed by atoms with Crippen LogP contribution in [0.25, 0.3) is 11.6 Å². The van der Waals surface area contributed by atoms with Crippen LogP contribution in [0.5, 0.6) is 0 Å². The van der Waals surface area contributed by atoms with Gasteiger partial charge in [0.2, 0.25) is 11.6 Å².